The van der Waals surface area contributed by atoms with Crippen LogP contribution in [0.5, 0.6) is 0 Å². The van der Waals surface area contributed by atoms with Crippen molar-refractivity contribution in [3.05, 3.63) is 0 Å². The standard InChI is InChI=1S/C21H38N4/c1-18(2)9-14-11-20(5,6)24-16(14)22(18)13-23-17-15(10-19(23,3)4)12-21(7,8)25(17)24/h14-17H,9-13H2,1-8H3. The molecule has 5 fully saturated rings. The molecular weight excluding hydrogens is 308 g/mol. The molecule has 5 aliphatic rings. The Labute approximate surface area is 154 Å². The minimum absolute atomic E-state index is 0.263. The number of nitrogens with zero attached hydrogens (tertiary/aromatic N) is 4. The van der Waals surface area contributed by atoms with Gasteiger partial charge in [-0.05, 0) is 92.9 Å². The van der Waals surface area contributed by atoms with Crippen molar-refractivity contribution in [2.75, 3.05) is 6.67 Å². The summed E-state index contributed by atoms with van der Waals surface area (Å²) < 4.78 is 0. The molecule has 0 aromatic heterocycles. The van der Waals surface area contributed by atoms with Crippen LogP contribution in [0.1, 0.15) is 81.1 Å². The summed E-state index contributed by atoms with van der Waals surface area (Å²) in [6.45, 7) is 21.1. The maximum atomic E-state index is 2.87. The van der Waals surface area contributed by atoms with Crippen LogP contribution in [0, 0.1) is 11.8 Å². The minimum atomic E-state index is 0.263. The van der Waals surface area contributed by atoms with Crippen molar-refractivity contribution in [1.82, 2.24) is 19.8 Å². The van der Waals surface area contributed by atoms with Crippen molar-refractivity contribution in [3.63, 3.8) is 0 Å². The van der Waals surface area contributed by atoms with E-state index in [0.717, 1.165) is 18.5 Å². The molecule has 0 spiro atoms. The molecule has 4 nitrogen and oxygen atoms in total. The number of hydrazine groups is 1. The summed E-state index contributed by atoms with van der Waals surface area (Å²) >= 11 is 0. The summed E-state index contributed by atoms with van der Waals surface area (Å²) in [6, 6.07) is 0. The molecule has 4 heteroatoms. The lowest BCUT2D eigenvalue weighted by Crippen LogP contribution is -2.64. The Kier molecular flexibility index (Phi) is 3.02. The summed E-state index contributed by atoms with van der Waals surface area (Å²) in [5, 5.41) is 5.75. The Morgan fingerprint density at radius 2 is 0.840 bits per heavy atom. The van der Waals surface area contributed by atoms with Gasteiger partial charge >= 0.3 is 0 Å². The lowest BCUT2D eigenvalue weighted by Gasteiger charge is -2.51. The van der Waals surface area contributed by atoms with E-state index in [0.29, 0.717) is 23.4 Å². The zero-order valence-corrected chi connectivity index (χ0v) is 17.6. The third-order valence-electron chi connectivity index (χ3n) is 8.36. The van der Waals surface area contributed by atoms with Gasteiger partial charge in [0.05, 0.1) is 19.0 Å². The molecule has 25 heavy (non-hydrogen) atoms. The van der Waals surface area contributed by atoms with Crippen molar-refractivity contribution in [1.29, 1.82) is 0 Å². The summed E-state index contributed by atoms with van der Waals surface area (Å²) in [5.41, 5.74) is 1.14. The first-order chi connectivity index (χ1) is 11.4. The van der Waals surface area contributed by atoms with Crippen LogP contribution in [0.15, 0.2) is 0 Å². The predicted molar refractivity (Wildman–Crippen MR) is 102 cm³/mol. The van der Waals surface area contributed by atoms with Crippen molar-refractivity contribution in [3.8, 4) is 0 Å². The Hall–Kier alpha value is -0.160. The average Bonchev–Trinajstić information content (AvgIpc) is 2.90. The normalized spacial score (nSPS) is 47.0. The molecule has 0 aliphatic carbocycles. The Bertz CT molecular complexity index is 555. The summed E-state index contributed by atoms with van der Waals surface area (Å²) in [7, 11) is 0. The average molecular weight is 347 g/mol. The van der Waals surface area contributed by atoms with Gasteiger partial charge in [-0.3, -0.25) is 9.80 Å². The second kappa shape index (κ2) is 4.45. The summed E-state index contributed by atoms with van der Waals surface area (Å²) in [5.74, 6) is 1.62. The van der Waals surface area contributed by atoms with E-state index in [-0.39, 0.29) is 11.1 Å². The first-order valence-corrected chi connectivity index (χ1v) is 10.5. The first-order valence-electron chi connectivity index (χ1n) is 10.5. The highest BCUT2D eigenvalue weighted by Gasteiger charge is 2.68. The smallest absolute Gasteiger partial charge is 0.0811 e. The summed E-state index contributed by atoms with van der Waals surface area (Å²) in [4.78, 5) is 5.73. The van der Waals surface area contributed by atoms with Crippen LogP contribution < -0.4 is 0 Å². The summed E-state index contributed by atoms with van der Waals surface area (Å²) in [6.07, 6.45) is 6.53. The molecule has 0 N–H and O–H groups in total. The zero-order chi connectivity index (χ0) is 18.2. The van der Waals surface area contributed by atoms with Crippen LogP contribution in [0.4, 0.5) is 0 Å². The van der Waals surface area contributed by atoms with Crippen molar-refractivity contribution >= 4 is 0 Å². The van der Waals surface area contributed by atoms with Gasteiger partial charge in [-0.2, -0.15) is 0 Å². The lowest BCUT2D eigenvalue weighted by atomic mass is 9.89. The van der Waals surface area contributed by atoms with E-state index in [1.54, 1.807) is 0 Å². The van der Waals surface area contributed by atoms with Gasteiger partial charge in [0.1, 0.15) is 0 Å². The third-order valence-corrected chi connectivity index (χ3v) is 8.36. The molecule has 142 valence electrons. The van der Waals surface area contributed by atoms with Gasteiger partial charge in [-0.1, -0.05) is 0 Å². The monoisotopic (exact) mass is 346 g/mol. The van der Waals surface area contributed by atoms with Crippen LogP contribution >= 0.6 is 0 Å². The molecule has 4 unspecified atom stereocenters. The Balaban J connectivity index is 1.69. The highest BCUT2D eigenvalue weighted by molar-refractivity contribution is 5.16. The Morgan fingerprint density at radius 1 is 0.520 bits per heavy atom. The molecule has 5 heterocycles. The first kappa shape index (κ1) is 17.0. The highest BCUT2D eigenvalue weighted by Crippen LogP contribution is 2.60. The molecule has 5 aliphatic heterocycles. The number of rotatable bonds is 0. The van der Waals surface area contributed by atoms with E-state index >= 15 is 0 Å². The Morgan fingerprint density at radius 3 is 1.20 bits per heavy atom. The van der Waals surface area contributed by atoms with Gasteiger partial charge in [0.2, 0.25) is 0 Å². The van der Waals surface area contributed by atoms with Crippen molar-refractivity contribution < 1.29 is 0 Å². The SMILES string of the molecule is CC1(C)CC2CC(C)(C)N3C2N1CN1C2C(CC1(C)C)CC(C)(C)N23. The van der Waals surface area contributed by atoms with Crippen LogP contribution in [-0.4, -0.2) is 61.0 Å². The second-order valence-corrected chi connectivity index (χ2v) is 12.2. The zero-order valence-electron chi connectivity index (χ0n) is 17.6. The predicted octanol–water partition coefficient (Wildman–Crippen LogP) is 3.69. The van der Waals surface area contributed by atoms with E-state index < -0.39 is 0 Å². The van der Waals surface area contributed by atoms with Crippen molar-refractivity contribution in [2.24, 2.45) is 11.8 Å². The van der Waals surface area contributed by atoms with E-state index in [2.05, 4.69) is 75.2 Å². The molecule has 0 radical (unpaired) electrons. The number of hydrogen-bond acceptors (Lipinski definition) is 4. The fourth-order valence-electron chi connectivity index (χ4n) is 7.71. The van der Waals surface area contributed by atoms with Crippen LogP contribution in [0.3, 0.4) is 0 Å². The van der Waals surface area contributed by atoms with Gasteiger partial charge in [0.15, 0.2) is 0 Å². The molecule has 0 saturated carbocycles. The van der Waals surface area contributed by atoms with Gasteiger partial charge in [-0.25, -0.2) is 10.0 Å². The van der Waals surface area contributed by atoms with Crippen molar-refractivity contribution in [2.45, 2.75) is 116 Å². The molecule has 0 amide bonds. The third kappa shape index (κ3) is 1.98. The van der Waals surface area contributed by atoms with E-state index in [9.17, 15) is 0 Å². The molecule has 5 rings (SSSR count). The van der Waals surface area contributed by atoms with Crippen LogP contribution in [0.25, 0.3) is 0 Å². The van der Waals surface area contributed by atoms with E-state index in [4.69, 9.17) is 0 Å². The largest absolute Gasteiger partial charge is 0.268 e. The van der Waals surface area contributed by atoms with Gasteiger partial charge < -0.3 is 0 Å². The molecule has 5 saturated heterocycles. The fourth-order valence-corrected chi connectivity index (χ4v) is 7.71. The second-order valence-electron chi connectivity index (χ2n) is 12.2. The van der Waals surface area contributed by atoms with Gasteiger partial charge in [0, 0.05) is 22.2 Å². The van der Waals surface area contributed by atoms with E-state index in [1.807, 2.05) is 0 Å². The molecule has 0 bridgehead atoms. The van der Waals surface area contributed by atoms with Gasteiger partial charge in [-0.15, -0.1) is 0 Å². The van der Waals surface area contributed by atoms with Crippen LogP contribution in [-0.2, 0) is 0 Å². The molecule has 0 aromatic carbocycles. The quantitative estimate of drug-likeness (QED) is 0.663. The number of hydrogen-bond donors (Lipinski definition) is 0. The van der Waals surface area contributed by atoms with E-state index in [1.165, 1.54) is 25.7 Å². The lowest BCUT2D eigenvalue weighted by molar-refractivity contribution is -0.185. The molecule has 4 atom stereocenters. The maximum absolute atomic E-state index is 2.87. The number of fused-ring (bicyclic) bond motifs is 1. The van der Waals surface area contributed by atoms with Crippen LogP contribution in [0.2, 0.25) is 0 Å². The van der Waals surface area contributed by atoms with Gasteiger partial charge in [0.25, 0.3) is 0 Å². The molecule has 0 aromatic rings. The molecular formula is C21H38N4. The maximum Gasteiger partial charge on any atom is 0.0811 e. The fraction of sp³-hybridized carbons (Fsp3) is 1.00. The minimum Gasteiger partial charge on any atom is -0.268 e. The highest BCUT2D eigenvalue weighted by atomic mass is 15.8. The topological polar surface area (TPSA) is 13.0 Å².